The molecule has 2 heterocycles. The third kappa shape index (κ3) is 3.03. The van der Waals surface area contributed by atoms with Crippen LogP contribution in [0.1, 0.15) is 26.3 Å². The first-order valence-corrected chi connectivity index (χ1v) is 8.24. The van der Waals surface area contributed by atoms with Gasteiger partial charge >= 0.3 is 5.97 Å². The van der Waals surface area contributed by atoms with Gasteiger partial charge in [0.25, 0.3) is 5.56 Å². The molecular weight excluding hydrogens is 338 g/mol. The molecule has 0 bridgehead atoms. The highest BCUT2D eigenvalue weighted by Gasteiger charge is 2.23. The molecule has 2 aromatic heterocycles. The van der Waals surface area contributed by atoms with Crippen molar-refractivity contribution in [1.29, 1.82) is 0 Å². The molecule has 3 rings (SSSR count). The molecule has 26 heavy (non-hydrogen) atoms. The van der Waals surface area contributed by atoms with Crippen LogP contribution in [0.4, 0.5) is 0 Å². The topological polar surface area (TPSA) is 101 Å². The number of benzene rings is 1. The summed E-state index contributed by atoms with van der Waals surface area (Å²) in [6, 6.07) is 6.46. The maximum Gasteiger partial charge on any atom is 0.329 e. The smallest absolute Gasteiger partial charge is 0.329 e. The number of fused-ring (bicyclic) bond motifs is 1. The highest BCUT2D eigenvalue weighted by atomic mass is 16.5. The van der Waals surface area contributed by atoms with Crippen molar-refractivity contribution in [3.63, 3.8) is 0 Å². The molecule has 0 saturated heterocycles. The summed E-state index contributed by atoms with van der Waals surface area (Å²) in [7, 11) is 1.28. The summed E-state index contributed by atoms with van der Waals surface area (Å²) >= 11 is 0. The lowest BCUT2D eigenvalue weighted by atomic mass is 10.2. The first-order chi connectivity index (χ1) is 12.6. The second-order valence-electron chi connectivity index (χ2n) is 5.50. The lowest BCUT2D eigenvalue weighted by molar-refractivity contribution is -0.144. The fraction of sp³-hybridized carbons (Fsp3) is 0.353. The number of carbonyl (C=O) groups is 1. The Labute approximate surface area is 149 Å². The second-order valence-corrected chi connectivity index (χ2v) is 5.50. The quantitative estimate of drug-likeness (QED) is 0.616. The van der Waals surface area contributed by atoms with Gasteiger partial charge < -0.3 is 9.47 Å². The average Bonchev–Trinajstić information content (AvgIpc) is 3.09. The molecule has 0 saturated carbocycles. The van der Waals surface area contributed by atoms with Crippen LogP contribution in [0, 0.1) is 0 Å². The predicted molar refractivity (Wildman–Crippen MR) is 93.4 cm³/mol. The molecule has 9 nitrogen and oxygen atoms in total. The van der Waals surface area contributed by atoms with Crippen LogP contribution in [0.3, 0.4) is 0 Å². The molecule has 0 aliphatic carbocycles. The average molecular weight is 357 g/mol. The first kappa shape index (κ1) is 17.6. The zero-order valence-electron chi connectivity index (χ0n) is 14.7. The highest BCUT2D eigenvalue weighted by molar-refractivity contribution is 5.75. The number of hydrogen-bond donors (Lipinski definition) is 0. The van der Waals surface area contributed by atoms with Gasteiger partial charge in [0.05, 0.1) is 19.4 Å². The van der Waals surface area contributed by atoms with Crippen LogP contribution >= 0.6 is 0 Å². The number of hydrogen-bond acceptors (Lipinski definition) is 7. The molecule has 0 amide bonds. The fourth-order valence-corrected chi connectivity index (χ4v) is 2.68. The Morgan fingerprint density at radius 2 is 1.96 bits per heavy atom. The minimum Gasteiger partial charge on any atom is -0.494 e. The van der Waals surface area contributed by atoms with Gasteiger partial charge in [-0.25, -0.2) is 9.78 Å². The second kappa shape index (κ2) is 7.34. The third-order valence-electron chi connectivity index (χ3n) is 3.98. The van der Waals surface area contributed by atoms with E-state index in [1.54, 1.807) is 31.2 Å². The van der Waals surface area contributed by atoms with E-state index >= 15 is 0 Å². The van der Waals surface area contributed by atoms with E-state index in [2.05, 4.69) is 15.3 Å². The van der Waals surface area contributed by atoms with E-state index in [1.165, 1.54) is 22.7 Å². The molecule has 0 unspecified atom stereocenters. The van der Waals surface area contributed by atoms with Gasteiger partial charge in [-0.05, 0) is 37.6 Å². The minimum atomic E-state index is -0.750. The number of aromatic nitrogens is 5. The fourth-order valence-electron chi connectivity index (χ4n) is 2.68. The Bertz CT molecular complexity index is 977. The van der Waals surface area contributed by atoms with E-state index < -0.39 is 17.6 Å². The lowest BCUT2D eigenvalue weighted by Crippen LogP contribution is -2.30. The Kier molecular flexibility index (Phi) is 4.97. The summed E-state index contributed by atoms with van der Waals surface area (Å²) in [5.74, 6) is 0.231. The van der Waals surface area contributed by atoms with Crippen LogP contribution in [0.15, 0.2) is 35.4 Å². The maximum absolute atomic E-state index is 12.7. The number of methoxy groups -OCH3 is 1. The van der Waals surface area contributed by atoms with Crippen molar-refractivity contribution in [3.05, 3.63) is 40.9 Å². The summed E-state index contributed by atoms with van der Waals surface area (Å²) in [4.78, 5) is 28.9. The van der Waals surface area contributed by atoms with Gasteiger partial charge in [0.2, 0.25) is 0 Å². The Morgan fingerprint density at radius 1 is 1.23 bits per heavy atom. The van der Waals surface area contributed by atoms with E-state index in [9.17, 15) is 9.59 Å². The summed E-state index contributed by atoms with van der Waals surface area (Å²) in [5.41, 5.74) is 0.656. The number of esters is 1. The summed E-state index contributed by atoms with van der Waals surface area (Å²) in [6.07, 6.45) is 1.72. The van der Waals surface area contributed by atoms with Gasteiger partial charge in [-0.2, -0.15) is 4.68 Å². The molecule has 9 heteroatoms. The van der Waals surface area contributed by atoms with Gasteiger partial charge in [-0.3, -0.25) is 9.36 Å². The summed E-state index contributed by atoms with van der Waals surface area (Å²) in [6.45, 7) is 4.27. The standard InChI is InChI=1S/C17H19N5O4/c1-4-13(17(24)25-3)21-10-18-15-14(16(21)23)19-20-22(15)11-6-8-12(9-7-11)26-5-2/h6-10,13H,4-5H2,1-3H3/t13-/m1/s1. The van der Waals surface area contributed by atoms with Crippen molar-refractivity contribution >= 4 is 17.1 Å². The van der Waals surface area contributed by atoms with Crippen LogP contribution in [-0.2, 0) is 9.53 Å². The predicted octanol–water partition coefficient (Wildman–Crippen LogP) is 1.50. The van der Waals surface area contributed by atoms with Crippen molar-refractivity contribution in [2.75, 3.05) is 13.7 Å². The van der Waals surface area contributed by atoms with Crippen molar-refractivity contribution in [1.82, 2.24) is 24.5 Å². The molecule has 0 fully saturated rings. The molecule has 0 spiro atoms. The lowest BCUT2D eigenvalue weighted by Gasteiger charge is -2.14. The van der Waals surface area contributed by atoms with Crippen molar-refractivity contribution in [2.24, 2.45) is 0 Å². The Balaban J connectivity index is 2.05. The number of nitrogens with zero attached hydrogens (tertiary/aromatic N) is 5. The van der Waals surface area contributed by atoms with Crippen molar-refractivity contribution in [2.45, 2.75) is 26.3 Å². The van der Waals surface area contributed by atoms with Crippen LogP contribution in [0.5, 0.6) is 5.75 Å². The normalized spacial score (nSPS) is 12.1. The van der Waals surface area contributed by atoms with Crippen LogP contribution in [0.2, 0.25) is 0 Å². The van der Waals surface area contributed by atoms with E-state index in [0.717, 1.165) is 5.75 Å². The van der Waals surface area contributed by atoms with Crippen molar-refractivity contribution < 1.29 is 14.3 Å². The third-order valence-corrected chi connectivity index (χ3v) is 3.98. The van der Waals surface area contributed by atoms with E-state index in [4.69, 9.17) is 9.47 Å². The Morgan fingerprint density at radius 3 is 2.58 bits per heavy atom. The van der Waals surface area contributed by atoms with E-state index in [1.807, 2.05) is 6.92 Å². The molecule has 3 aromatic rings. The van der Waals surface area contributed by atoms with Gasteiger partial charge in [0, 0.05) is 0 Å². The van der Waals surface area contributed by atoms with E-state index in [-0.39, 0.29) is 5.52 Å². The number of carbonyl (C=O) groups excluding carboxylic acids is 1. The molecule has 0 aliphatic heterocycles. The molecule has 0 N–H and O–H groups in total. The molecule has 0 aliphatic rings. The van der Waals surface area contributed by atoms with Crippen molar-refractivity contribution in [3.8, 4) is 11.4 Å². The van der Waals surface area contributed by atoms with Gasteiger partial charge in [-0.15, -0.1) is 5.10 Å². The maximum atomic E-state index is 12.7. The minimum absolute atomic E-state index is 0.0868. The molecule has 136 valence electrons. The van der Waals surface area contributed by atoms with Gasteiger partial charge in [0.15, 0.2) is 11.2 Å². The molecular formula is C17H19N5O4. The highest BCUT2D eigenvalue weighted by Crippen LogP contribution is 2.18. The number of ether oxygens (including phenoxy) is 2. The number of rotatable bonds is 6. The van der Waals surface area contributed by atoms with Gasteiger partial charge in [0.1, 0.15) is 18.1 Å². The zero-order chi connectivity index (χ0) is 18.7. The first-order valence-electron chi connectivity index (χ1n) is 8.24. The zero-order valence-corrected chi connectivity index (χ0v) is 14.7. The summed E-state index contributed by atoms with van der Waals surface area (Å²) in [5, 5.41) is 7.98. The summed E-state index contributed by atoms with van der Waals surface area (Å²) < 4.78 is 12.9. The van der Waals surface area contributed by atoms with Crippen LogP contribution < -0.4 is 10.3 Å². The van der Waals surface area contributed by atoms with Crippen LogP contribution in [-0.4, -0.2) is 44.2 Å². The van der Waals surface area contributed by atoms with Gasteiger partial charge in [-0.1, -0.05) is 12.1 Å². The Hall–Kier alpha value is -3.23. The molecule has 1 aromatic carbocycles. The van der Waals surface area contributed by atoms with Crippen LogP contribution in [0.25, 0.3) is 16.9 Å². The molecule has 1 atom stereocenters. The molecule has 0 radical (unpaired) electrons. The largest absolute Gasteiger partial charge is 0.494 e. The monoisotopic (exact) mass is 357 g/mol. The van der Waals surface area contributed by atoms with E-state index in [0.29, 0.717) is 24.4 Å². The SMILES string of the molecule is CCOc1ccc(-n2nnc3c(=O)n([C@H](CC)C(=O)OC)cnc32)cc1.